The summed E-state index contributed by atoms with van der Waals surface area (Å²) in [6.07, 6.45) is 0. The van der Waals surface area contributed by atoms with Crippen LogP contribution < -0.4 is 10.2 Å². The van der Waals surface area contributed by atoms with Gasteiger partial charge in [0.15, 0.2) is 5.82 Å². The molecule has 0 bridgehead atoms. The molecule has 2 heterocycles. The minimum Gasteiger partial charge on any atom is -0.462 e. The van der Waals surface area contributed by atoms with Gasteiger partial charge in [-0.2, -0.15) is 5.10 Å². The van der Waals surface area contributed by atoms with Crippen molar-refractivity contribution in [2.45, 2.75) is 13.8 Å². The van der Waals surface area contributed by atoms with E-state index < -0.39 is 0 Å². The Morgan fingerprint density at radius 3 is 2.72 bits per heavy atom. The molecule has 1 aromatic heterocycles. The summed E-state index contributed by atoms with van der Waals surface area (Å²) in [5, 5.41) is 7.74. The summed E-state index contributed by atoms with van der Waals surface area (Å²) in [6.45, 7) is 7.65. The number of nitrogens with zero attached hydrogens (tertiary/aromatic N) is 3. The topological polar surface area (TPSA) is 59.4 Å². The molecule has 6 heteroatoms. The average molecular weight is 252 g/mol. The molecule has 1 saturated heterocycles. The fourth-order valence-electron chi connectivity index (χ4n) is 2.13. The van der Waals surface area contributed by atoms with E-state index in [0.29, 0.717) is 12.2 Å². The maximum Gasteiger partial charge on any atom is 0.343 e. The van der Waals surface area contributed by atoms with Crippen LogP contribution in [0.1, 0.15) is 23.0 Å². The smallest absolute Gasteiger partial charge is 0.343 e. The third-order valence-corrected chi connectivity index (χ3v) is 3.21. The molecular formula is C12H20N4O2. The number of piperazine rings is 1. The summed E-state index contributed by atoms with van der Waals surface area (Å²) in [6, 6.07) is 0. The lowest BCUT2D eigenvalue weighted by Gasteiger charge is -2.27. The van der Waals surface area contributed by atoms with Gasteiger partial charge in [-0.15, -0.1) is 0 Å². The number of hydrogen-bond donors (Lipinski definition) is 1. The van der Waals surface area contributed by atoms with Crippen molar-refractivity contribution < 1.29 is 9.53 Å². The molecule has 0 atom stereocenters. The van der Waals surface area contributed by atoms with Gasteiger partial charge in [0.2, 0.25) is 0 Å². The molecule has 2 rings (SSSR count). The van der Waals surface area contributed by atoms with Crippen LogP contribution in [0.3, 0.4) is 0 Å². The van der Waals surface area contributed by atoms with Gasteiger partial charge in [0.1, 0.15) is 5.56 Å². The number of ether oxygens (including phenoxy) is 1. The van der Waals surface area contributed by atoms with Crippen LogP contribution in [0.4, 0.5) is 5.82 Å². The molecule has 18 heavy (non-hydrogen) atoms. The van der Waals surface area contributed by atoms with Gasteiger partial charge in [-0.3, -0.25) is 4.68 Å². The molecule has 0 aliphatic carbocycles. The van der Waals surface area contributed by atoms with Crippen LogP contribution in [-0.2, 0) is 11.8 Å². The van der Waals surface area contributed by atoms with Gasteiger partial charge in [0.05, 0.1) is 12.3 Å². The van der Waals surface area contributed by atoms with Crippen LogP contribution in [0.5, 0.6) is 0 Å². The molecule has 0 saturated carbocycles. The van der Waals surface area contributed by atoms with Gasteiger partial charge in [-0.1, -0.05) is 0 Å². The van der Waals surface area contributed by atoms with Crippen LogP contribution in [-0.4, -0.2) is 48.5 Å². The Bertz CT molecular complexity index is 436. The van der Waals surface area contributed by atoms with Crippen LogP contribution in [0.25, 0.3) is 0 Å². The third-order valence-electron chi connectivity index (χ3n) is 3.21. The molecule has 6 nitrogen and oxygen atoms in total. The highest BCUT2D eigenvalue weighted by Gasteiger charge is 2.25. The first kappa shape index (κ1) is 12.9. The fraction of sp³-hybridized carbons (Fsp3) is 0.667. The van der Waals surface area contributed by atoms with Crippen molar-refractivity contribution in [3.05, 3.63) is 11.3 Å². The van der Waals surface area contributed by atoms with Gasteiger partial charge in [-0.25, -0.2) is 4.79 Å². The number of anilines is 1. The van der Waals surface area contributed by atoms with Crippen LogP contribution in [0.15, 0.2) is 0 Å². The minimum atomic E-state index is -0.281. The first-order valence-corrected chi connectivity index (χ1v) is 6.31. The van der Waals surface area contributed by atoms with Crippen LogP contribution in [0, 0.1) is 6.92 Å². The number of carbonyl (C=O) groups is 1. The van der Waals surface area contributed by atoms with E-state index in [1.54, 1.807) is 4.68 Å². The second-order valence-corrected chi connectivity index (χ2v) is 4.37. The van der Waals surface area contributed by atoms with Crippen molar-refractivity contribution >= 4 is 11.8 Å². The van der Waals surface area contributed by atoms with Gasteiger partial charge in [0, 0.05) is 33.2 Å². The number of nitrogens with one attached hydrogen (secondary N) is 1. The van der Waals surface area contributed by atoms with E-state index in [4.69, 9.17) is 4.74 Å². The highest BCUT2D eigenvalue weighted by molar-refractivity contribution is 5.96. The maximum absolute atomic E-state index is 12.0. The van der Waals surface area contributed by atoms with E-state index in [2.05, 4.69) is 15.3 Å². The molecule has 1 aliphatic heterocycles. The standard InChI is InChI=1S/C12H20N4O2/c1-4-18-12(17)10-9(2)15(3)14-11(10)16-7-5-13-6-8-16/h13H,4-8H2,1-3H3. The lowest BCUT2D eigenvalue weighted by atomic mass is 10.2. The largest absolute Gasteiger partial charge is 0.462 e. The molecule has 0 spiro atoms. The summed E-state index contributed by atoms with van der Waals surface area (Å²) in [5.74, 6) is 0.464. The Kier molecular flexibility index (Phi) is 3.86. The molecule has 1 aliphatic rings. The van der Waals surface area contributed by atoms with Crippen molar-refractivity contribution in [1.82, 2.24) is 15.1 Å². The zero-order chi connectivity index (χ0) is 13.1. The summed E-state index contributed by atoms with van der Waals surface area (Å²) >= 11 is 0. The van der Waals surface area contributed by atoms with E-state index in [1.807, 2.05) is 20.9 Å². The minimum absolute atomic E-state index is 0.281. The van der Waals surface area contributed by atoms with Crippen molar-refractivity contribution in [3.8, 4) is 0 Å². The lowest BCUT2D eigenvalue weighted by Crippen LogP contribution is -2.44. The number of hydrogen-bond acceptors (Lipinski definition) is 5. The summed E-state index contributed by atoms with van der Waals surface area (Å²) in [4.78, 5) is 14.2. The average Bonchev–Trinajstić information content (AvgIpc) is 2.67. The molecule has 0 amide bonds. The predicted molar refractivity (Wildman–Crippen MR) is 69.0 cm³/mol. The monoisotopic (exact) mass is 252 g/mol. The zero-order valence-corrected chi connectivity index (χ0v) is 11.2. The number of aromatic nitrogens is 2. The second-order valence-electron chi connectivity index (χ2n) is 4.37. The number of rotatable bonds is 3. The highest BCUT2D eigenvalue weighted by atomic mass is 16.5. The van der Waals surface area contributed by atoms with E-state index >= 15 is 0 Å². The van der Waals surface area contributed by atoms with E-state index in [-0.39, 0.29) is 5.97 Å². The molecular weight excluding hydrogens is 232 g/mol. The van der Waals surface area contributed by atoms with E-state index in [0.717, 1.165) is 37.7 Å². The summed E-state index contributed by atoms with van der Waals surface area (Å²) in [5.41, 5.74) is 1.45. The Balaban J connectivity index is 2.33. The van der Waals surface area contributed by atoms with Crippen molar-refractivity contribution in [1.29, 1.82) is 0 Å². The fourth-order valence-corrected chi connectivity index (χ4v) is 2.13. The van der Waals surface area contributed by atoms with Gasteiger partial charge in [-0.05, 0) is 13.8 Å². The molecule has 1 aromatic rings. The van der Waals surface area contributed by atoms with Gasteiger partial charge in [0.25, 0.3) is 0 Å². The number of carbonyl (C=O) groups excluding carboxylic acids is 1. The van der Waals surface area contributed by atoms with Crippen molar-refractivity contribution in [2.75, 3.05) is 37.7 Å². The van der Waals surface area contributed by atoms with Gasteiger partial charge < -0.3 is 15.0 Å². The first-order chi connectivity index (χ1) is 8.65. The number of aryl methyl sites for hydroxylation is 1. The Labute approximate surface area is 107 Å². The van der Waals surface area contributed by atoms with Crippen LogP contribution >= 0.6 is 0 Å². The highest BCUT2D eigenvalue weighted by Crippen LogP contribution is 2.23. The Hall–Kier alpha value is -1.56. The molecule has 1 N–H and O–H groups in total. The zero-order valence-electron chi connectivity index (χ0n) is 11.2. The first-order valence-electron chi connectivity index (χ1n) is 6.31. The van der Waals surface area contributed by atoms with Crippen molar-refractivity contribution in [3.63, 3.8) is 0 Å². The SMILES string of the molecule is CCOC(=O)c1c(N2CCNCC2)nn(C)c1C. The van der Waals surface area contributed by atoms with Crippen LogP contribution in [0.2, 0.25) is 0 Å². The molecule has 1 fully saturated rings. The predicted octanol–water partition coefficient (Wildman–Crippen LogP) is 0.315. The quantitative estimate of drug-likeness (QED) is 0.785. The number of esters is 1. The van der Waals surface area contributed by atoms with E-state index in [9.17, 15) is 4.79 Å². The summed E-state index contributed by atoms with van der Waals surface area (Å²) < 4.78 is 6.86. The normalized spacial score (nSPS) is 15.8. The molecule has 0 radical (unpaired) electrons. The van der Waals surface area contributed by atoms with Crippen molar-refractivity contribution in [2.24, 2.45) is 7.05 Å². The van der Waals surface area contributed by atoms with E-state index in [1.165, 1.54) is 0 Å². The molecule has 100 valence electrons. The lowest BCUT2D eigenvalue weighted by molar-refractivity contribution is 0.0526. The Morgan fingerprint density at radius 2 is 2.11 bits per heavy atom. The maximum atomic E-state index is 12.0. The third kappa shape index (κ3) is 2.33. The molecule has 0 aromatic carbocycles. The summed E-state index contributed by atoms with van der Waals surface area (Å²) in [7, 11) is 1.85. The molecule has 0 unspecified atom stereocenters. The van der Waals surface area contributed by atoms with Gasteiger partial charge >= 0.3 is 5.97 Å². The Morgan fingerprint density at radius 1 is 1.44 bits per heavy atom. The second kappa shape index (κ2) is 5.39.